The molecule has 4 N–H and O–H groups in total. The van der Waals surface area contributed by atoms with Crippen molar-refractivity contribution >= 4 is 28.6 Å². The van der Waals surface area contributed by atoms with Crippen molar-refractivity contribution in [1.82, 2.24) is 5.43 Å². The molecule has 5 nitrogen and oxygen atoms in total. The second kappa shape index (κ2) is 6.19. The Morgan fingerprint density at radius 1 is 1.00 bits per heavy atom. The first-order chi connectivity index (χ1) is 11.1. The van der Waals surface area contributed by atoms with E-state index in [9.17, 15) is 9.90 Å². The number of benzene rings is 3. The number of nitrogen functional groups attached to an aromatic ring is 1. The smallest absolute Gasteiger partial charge is 0.271 e. The molecule has 0 aliphatic rings. The molecule has 0 atom stereocenters. The molecule has 5 heteroatoms. The van der Waals surface area contributed by atoms with Gasteiger partial charge in [-0.1, -0.05) is 24.3 Å². The van der Waals surface area contributed by atoms with Crippen LogP contribution in [0.4, 0.5) is 5.69 Å². The van der Waals surface area contributed by atoms with Gasteiger partial charge >= 0.3 is 0 Å². The normalized spacial score (nSPS) is 11.0. The average Bonchev–Trinajstić information content (AvgIpc) is 2.58. The molecule has 3 aromatic carbocycles. The van der Waals surface area contributed by atoms with Crippen molar-refractivity contribution in [3.63, 3.8) is 0 Å². The molecule has 3 rings (SSSR count). The maximum Gasteiger partial charge on any atom is 0.271 e. The number of nitrogens with two attached hydrogens (primary N) is 1. The third-order valence-electron chi connectivity index (χ3n) is 3.48. The fourth-order valence-electron chi connectivity index (χ4n) is 2.28. The van der Waals surface area contributed by atoms with E-state index in [0.717, 1.165) is 16.3 Å². The summed E-state index contributed by atoms with van der Waals surface area (Å²) in [5.74, 6) is -0.104. The molecule has 1 amide bonds. The van der Waals surface area contributed by atoms with E-state index >= 15 is 0 Å². The van der Waals surface area contributed by atoms with Gasteiger partial charge in [-0.25, -0.2) is 5.43 Å². The van der Waals surface area contributed by atoms with Crippen molar-refractivity contribution in [3.05, 3.63) is 71.8 Å². The summed E-state index contributed by atoms with van der Waals surface area (Å²) >= 11 is 0. The number of carbonyl (C=O) groups excluding carboxylic acids is 1. The van der Waals surface area contributed by atoms with E-state index < -0.39 is 0 Å². The molecular weight excluding hydrogens is 290 g/mol. The third kappa shape index (κ3) is 3.13. The van der Waals surface area contributed by atoms with E-state index in [0.29, 0.717) is 11.3 Å². The van der Waals surface area contributed by atoms with Gasteiger partial charge in [0.25, 0.3) is 5.91 Å². The molecule has 23 heavy (non-hydrogen) atoms. The van der Waals surface area contributed by atoms with Crippen molar-refractivity contribution in [1.29, 1.82) is 0 Å². The van der Waals surface area contributed by atoms with E-state index in [4.69, 9.17) is 5.73 Å². The van der Waals surface area contributed by atoms with Gasteiger partial charge in [-0.2, -0.15) is 5.10 Å². The summed E-state index contributed by atoms with van der Waals surface area (Å²) in [6, 6.07) is 17.4. The Morgan fingerprint density at radius 3 is 2.43 bits per heavy atom. The minimum Gasteiger partial charge on any atom is -0.507 e. The molecule has 0 aliphatic heterocycles. The van der Waals surface area contributed by atoms with Crippen molar-refractivity contribution < 1.29 is 9.90 Å². The Labute approximate surface area is 133 Å². The van der Waals surface area contributed by atoms with Crippen molar-refractivity contribution in [3.8, 4) is 5.75 Å². The summed E-state index contributed by atoms with van der Waals surface area (Å²) in [4.78, 5) is 12.0. The Balaban J connectivity index is 1.80. The van der Waals surface area contributed by atoms with E-state index in [-0.39, 0.29) is 11.7 Å². The standard InChI is InChI=1S/C18H15N3O2/c19-14-8-5-12(6-9-14)18(23)21-20-11-13-7-10-17(22)16-4-2-1-3-15(13)16/h1-11,22H,19H2,(H,21,23)/b20-11+. The number of amides is 1. The zero-order valence-electron chi connectivity index (χ0n) is 12.2. The molecule has 0 unspecified atom stereocenters. The molecule has 0 saturated carbocycles. The van der Waals surface area contributed by atoms with Gasteiger partial charge in [-0.3, -0.25) is 4.79 Å². The van der Waals surface area contributed by atoms with Crippen LogP contribution >= 0.6 is 0 Å². The molecule has 3 aromatic rings. The number of aromatic hydroxyl groups is 1. The number of fused-ring (bicyclic) bond motifs is 1. The number of hydrazone groups is 1. The van der Waals surface area contributed by atoms with Gasteiger partial charge in [0, 0.05) is 22.2 Å². The van der Waals surface area contributed by atoms with Crippen LogP contribution in [0.2, 0.25) is 0 Å². The number of phenolic OH excluding ortho intramolecular Hbond substituents is 1. The number of phenols is 1. The van der Waals surface area contributed by atoms with Crippen LogP contribution < -0.4 is 11.2 Å². The van der Waals surface area contributed by atoms with Gasteiger partial charge in [0.15, 0.2) is 0 Å². The summed E-state index contributed by atoms with van der Waals surface area (Å²) in [6.45, 7) is 0. The van der Waals surface area contributed by atoms with Crippen LogP contribution in [0.25, 0.3) is 10.8 Å². The van der Waals surface area contributed by atoms with Crippen LogP contribution in [-0.4, -0.2) is 17.2 Å². The number of nitrogens with one attached hydrogen (secondary N) is 1. The minimum absolute atomic E-state index is 0.212. The molecule has 0 aliphatic carbocycles. The Bertz CT molecular complexity index is 886. The maximum atomic E-state index is 12.0. The number of nitrogens with zero attached hydrogens (tertiary/aromatic N) is 1. The first-order valence-electron chi connectivity index (χ1n) is 7.05. The quantitative estimate of drug-likeness (QED) is 0.395. The predicted octanol–water partition coefficient (Wildman–Crippen LogP) is 2.89. The number of hydrogen-bond acceptors (Lipinski definition) is 4. The molecule has 114 valence electrons. The lowest BCUT2D eigenvalue weighted by atomic mass is 10.0. The summed E-state index contributed by atoms with van der Waals surface area (Å²) in [6.07, 6.45) is 1.55. The lowest BCUT2D eigenvalue weighted by Gasteiger charge is -2.04. The van der Waals surface area contributed by atoms with Gasteiger partial charge in [-0.05, 0) is 41.8 Å². The largest absolute Gasteiger partial charge is 0.507 e. The molecule has 0 radical (unpaired) electrons. The average molecular weight is 305 g/mol. The first-order valence-corrected chi connectivity index (χ1v) is 7.05. The van der Waals surface area contributed by atoms with E-state index in [2.05, 4.69) is 10.5 Å². The monoisotopic (exact) mass is 305 g/mol. The molecule has 0 heterocycles. The molecule has 0 fully saturated rings. The highest BCUT2D eigenvalue weighted by molar-refractivity contribution is 6.02. The second-order valence-corrected chi connectivity index (χ2v) is 5.04. The summed E-state index contributed by atoms with van der Waals surface area (Å²) in [5.41, 5.74) is 9.94. The minimum atomic E-state index is -0.315. The molecule has 0 spiro atoms. The zero-order valence-corrected chi connectivity index (χ0v) is 12.2. The lowest BCUT2D eigenvalue weighted by molar-refractivity contribution is 0.0955. The van der Waals surface area contributed by atoms with Crippen LogP contribution in [0.1, 0.15) is 15.9 Å². The summed E-state index contributed by atoms with van der Waals surface area (Å²) < 4.78 is 0. The van der Waals surface area contributed by atoms with Crippen LogP contribution in [0.3, 0.4) is 0 Å². The molecule has 0 bridgehead atoms. The van der Waals surface area contributed by atoms with Gasteiger partial charge < -0.3 is 10.8 Å². The van der Waals surface area contributed by atoms with E-state index in [1.54, 1.807) is 42.6 Å². The molecule has 0 saturated heterocycles. The highest BCUT2D eigenvalue weighted by Gasteiger charge is 2.05. The third-order valence-corrected chi connectivity index (χ3v) is 3.48. The fourth-order valence-corrected chi connectivity index (χ4v) is 2.28. The van der Waals surface area contributed by atoms with Gasteiger partial charge in [0.1, 0.15) is 5.75 Å². The van der Waals surface area contributed by atoms with Crippen molar-refractivity contribution in [2.45, 2.75) is 0 Å². The zero-order chi connectivity index (χ0) is 16.2. The maximum absolute atomic E-state index is 12.0. The first kappa shape index (κ1) is 14.6. The van der Waals surface area contributed by atoms with Crippen LogP contribution in [0, 0.1) is 0 Å². The van der Waals surface area contributed by atoms with E-state index in [1.807, 2.05) is 24.3 Å². The van der Waals surface area contributed by atoms with E-state index in [1.165, 1.54) is 0 Å². The van der Waals surface area contributed by atoms with Gasteiger partial charge in [-0.15, -0.1) is 0 Å². The molecular formula is C18H15N3O2. The predicted molar refractivity (Wildman–Crippen MR) is 91.5 cm³/mol. The number of rotatable bonds is 3. The Morgan fingerprint density at radius 2 is 1.70 bits per heavy atom. The summed E-state index contributed by atoms with van der Waals surface area (Å²) in [7, 11) is 0. The fraction of sp³-hybridized carbons (Fsp3) is 0. The topological polar surface area (TPSA) is 87.7 Å². The van der Waals surface area contributed by atoms with Gasteiger partial charge in [0.05, 0.1) is 6.21 Å². The number of carbonyl (C=O) groups is 1. The number of anilines is 1. The number of hydrogen-bond donors (Lipinski definition) is 3. The highest BCUT2D eigenvalue weighted by Crippen LogP contribution is 2.26. The highest BCUT2D eigenvalue weighted by atomic mass is 16.3. The molecule has 0 aromatic heterocycles. The lowest BCUT2D eigenvalue weighted by Crippen LogP contribution is -2.17. The Hall–Kier alpha value is -3.34. The van der Waals surface area contributed by atoms with Gasteiger partial charge in [0.2, 0.25) is 0 Å². The van der Waals surface area contributed by atoms with Crippen molar-refractivity contribution in [2.24, 2.45) is 5.10 Å². The second-order valence-electron chi connectivity index (χ2n) is 5.04. The SMILES string of the molecule is Nc1ccc(C(=O)N/N=C/c2ccc(O)c3ccccc23)cc1. The van der Waals surface area contributed by atoms with Crippen LogP contribution in [0.5, 0.6) is 5.75 Å². The Kier molecular flexibility index (Phi) is 3.93. The van der Waals surface area contributed by atoms with Crippen LogP contribution in [-0.2, 0) is 0 Å². The van der Waals surface area contributed by atoms with Crippen molar-refractivity contribution in [2.75, 3.05) is 5.73 Å². The summed E-state index contributed by atoms with van der Waals surface area (Å²) in [5, 5.41) is 15.4. The van der Waals surface area contributed by atoms with Crippen LogP contribution in [0.15, 0.2) is 65.8 Å².